The number of aromatic nitrogens is 2. The Morgan fingerprint density at radius 2 is 1.80 bits per heavy atom. The van der Waals surface area contributed by atoms with Crippen molar-refractivity contribution in [2.24, 2.45) is 11.1 Å². The number of nitrogens with two attached hydrogens (primary N) is 2. The van der Waals surface area contributed by atoms with Crippen molar-refractivity contribution >= 4 is 5.82 Å². The zero-order chi connectivity index (χ0) is 17.4. The van der Waals surface area contributed by atoms with Crippen molar-refractivity contribution < 1.29 is 0 Å². The van der Waals surface area contributed by atoms with Gasteiger partial charge in [-0.25, -0.2) is 4.79 Å². The molecular weight excluding hydrogens is 314 g/mol. The van der Waals surface area contributed by atoms with Gasteiger partial charge in [0.15, 0.2) is 0 Å². The van der Waals surface area contributed by atoms with E-state index in [9.17, 15) is 4.79 Å². The molecule has 25 heavy (non-hydrogen) atoms. The highest BCUT2D eigenvalue weighted by Gasteiger charge is 2.43. The van der Waals surface area contributed by atoms with Gasteiger partial charge in [-0.15, -0.1) is 0 Å². The predicted molar refractivity (Wildman–Crippen MR) is 98.4 cm³/mol. The normalized spacial score (nSPS) is 20.5. The van der Waals surface area contributed by atoms with Crippen molar-refractivity contribution in [3.63, 3.8) is 0 Å². The first-order chi connectivity index (χ1) is 12.0. The Hall–Kier alpha value is -2.18. The van der Waals surface area contributed by atoms with E-state index in [4.69, 9.17) is 11.5 Å². The number of anilines is 1. The van der Waals surface area contributed by atoms with E-state index in [1.165, 1.54) is 35.8 Å². The van der Waals surface area contributed by atoms with Gasteiger partial charge in [-0.2, -0.15) is 4.98 Å². The SMILES string of the molecule is Nc1ccn(-c2ccc(CN3CCC4(CC3)CC(N)C4)cc2)c(=O)n1. The molecule has 1 aromatic heterocycles. The third kappa shape index (κ3) is 3.32. The zero-order valence-electron chi connectivity index (χ0n) is 14.4. The van der Waals surface area contributed by atoms with Crippen LogP contribution in [0.15, 0.2) is 41.3 Å². The summed E-state index contributed by atoms with van der Waals surface area (Å²) in [4.78, 5) is 18.2. The van der Waals surface area contributed by atoms with Crippen LogP contribution >= 0.6 is 0 Å². The predicted octanol–water partition coefficient (Wildman–Crippen LogP) is 1.52. The summed E-state index contributed by atoms with van der Waals surface area (Å²) in [5.41, 5.74) is 13.8. The van der Waals surface area contributed by atoms with Gasteiger partial charge < -0.3 is 11.5 Å². The molecule has 0 radical (unpaired) electrons. The zero-order valence-corrected chi connectivity index (χ0v) is 14.4. The first-order valence-electron chi connectivity index (χ1n) is 8.96. The van der Waals surface area contributed by atoms with Gasteiger partial charge in [0, 0.05) is 18.8 Å². The van der Waals surface area contributed by atoms with Crippen LogP contribution in [0, 0.1) is 5.41 Å². The molecule has 4 rings (SSSR count). The van der Waals surface area contributed by atoms with Crippen LogP contribution in [0.4, 0.5) is 5.82 Å². The van der Waals surface area contributed by atoms with Gasteiger partial charge >= 0.3 is 5.69 Å². The number of nitrogens with zero attached hydrogens (tertiary/aromatic N) is 3. The van der Waals surface area contributed by atoms with E-state index in [0.717, 1.165) is 25.3 Å². The highest BCUT2D eigenvalue weighted by Crippen LogP contribution is 2.48. The van der Waals surface area contributed by atoms with Crippen molar-refractivity contribution in [2.75, 3.05) is 18.8 Å². The lowest BCUT2D eigenvalue weighted by Crippen LogP contribution is -2.51. The second-order valence-electron chi connectivity index (χ2n) is 7.62. The molecule has 1 aliphatic heterocycles. The molecule has 1 saturated heterocycles. The van der Waals surface area contributed by atoms with E-state index < -0.39 is 0 Å². The number of hydrogen-bond donors (Lipinski definition) is 2. The molecule has 1 saturated carbocycles. The summed E-state index contributed by atoms with van der Waals surface area (Å²) in [7, 11) is 0. The Balaban J connectivity index is 1.39. The summed E-state index contributed by atoms with van der Waals surface area (Å²) in [5, 5.41) is 0. The molecule has 0 atom stereocenters. The van der Waals surface area contributed by atoms with E-state index in [1.54, 1.807) is 12.3 Å². The van der Waals surface area contributed by atoms with Crippen molar-refractivity contribution in [1.29, 1.82) is 0 Å². The van der Waals surface area contributed by atoms with Crippen molar-refractivity contribution in [3.8, 4) is 5.69 Å². The maximum absolute atomic E-state index is 11.9. The van der Waals surface area contributed by atoms with Gasteiger partial charge in [0.1, 0.15) is 5.82 Å². The van der Waals surface area contributed by atoms with E-state index in [2.05, 4.69) is 22.0 Å². The Labute approximate surface area is 147 Å². The van der Waals surface area contributed by atoms with Crippen LogP contribution in [0.25, 0.3) is 5.69 Å². The minimum absolute atomic E-state index is 0.244. The van der Waals surface area contributed by atoms with Crippen LogP contribution in [-0.4, -0.2) is 33.6 Å². The molecule has 2 heterocycles. The first kappa shape index (κ1) is 16.3. The minimum atomic E-state index is -0.354. The molecule has 2 fully saturated rings. The third-order valence-corrected chi connectivity index (χ3v) is 5.75. The van der Waals surface area contributed by atoms with Crippen molar-refractivity contribution in [1.82, 2.24) is 14.5 Å². The lowest BCUT2D eigenvalue weighted by molar-refractivity contribution is 0.0154. The molecule has 0 amide bonds. The standard InChI is InChI=1S/C19H25N5O/c20-15-11-19(12-15)6-9-23(10-7-19)13-14-1-3-16(4-2-14)24-8-5-17(21)22-18(24)25/h1-5,8,15H,6-7,9-13,20H2,(H2,21,22,25). The molecule has 132 valence electrons. The average Bonchev–Trinajstić information content (AvgIpc) is 2.57. The lowest BCUT2D eigenvalue weighted by atomic mass is 9.61. The largest absolute Gasteiger partial charge is 0.383 e. The van der Waals surface area contributed by atoms with E-state index in [-0.39, 0.29) is 11.5 Å². The number of benzene rings is 1. The average molecular weight is 339 g/mol. The van der Waals surface area contributed by atoms with Crippen LogP contribution in [0.1, 0.15) is 31.2 Å². The molecule has 0 bridgehead atoms. The Bertz CT molecular complexity index is 797. The number of piperidine rings is 1. The molecule has 2 aliphatic rings. The number of rotatable bonds is 3. The fourth-order valence-corrected chi connectivity index (χ4v) is 4.28. The highest BCUT2D eigenvalue weighted by molar-refractivity contribution is 5.36. The van der Waals surface area contributed by atoms with E-state index in [0.29, 0.717) is 11.5 Å². The quantitative estimate of drug-likeness (QED) is 0.885. The second kappa shape index (κ2) is 6.28. The molecule has 4 N–H and O–H groups in total. The van der Waals surface area contributed by atoms with Gasteiger partial charge in [0.05, 0.1) is 5.69 Å². The molecule has 0 unspecified atom stereocenters. The summed E-state index contributed by atoms with van der Waals surface area (Å²) in [5.74, 6) is 0.244. The topological polar surface area (TPSA) is 90.2 Å². The summed E-state index contributed by atoms with van der Waals surface area (Å²) >= 11 is 0. The summed E-state index contributed by atoms with van der Waals surface area (Å²) < 4.78 is 1.50. The highest BCUT2D eigenvalue weighted by atomic mass is 16.1. The second-order valence-corrected chi connectivity index (χ2v) is 7.62. The minimum Gasteiger partial charge on any atom is -0.383 e. The number of hydrogen-bond acceptors (Lipinski definition) is 5. The summed E-state index contributed by atoms with van der Waals surface area (Å²) in [6, 6.07) is 10.2. The smallest absolute Gasteiger partial charge is 0.354 e. The van der Waals surface area contributed by atoms with Crippen LogP contribution in [0.2, 0.25) is 0 Å². The van der Waals surface area contributed by atoms with Gasteiger partial charge in [-0.05, 0) is 68.0 Å². The van der Waals surface area contributed by atoms with Gasteiger partial charge in [-0.1, -0.05) is 12.1 Å². The van der Waals surface area contributed by atoms with Crippen LogP contribution in [-0.2, 0) is 6.54 Å². The summed E-state index contributed by atoms with van der Waals surface area (Å²) in [6.45, 7) is 3.25. The van der Waals surface area contributed by atoms with Gasteiger partial charge in [-0.3, -0.25) is 9.47 Å². The molecule has 6 heteroatoms. The molecule has 1 spiro atoms. The van der Waals surface area contributed by atoms with Crippen LogP contribution in [0.3, 0.4) is 0 Å². The molecule has 1 aliphatic carbocycles. The van der Waals surface area contributed by atoms with E-state index in [1.807, 2.05) is 12.1 Å². The Morgan fingerprint density at radius 3 is 2.40 bits per heavy atom. The molecule has 6 nitrogen and oxygen atoms in total. The molecular formula is C19H25N5O. The lowest BCUT2D eigenvalue weighted by Gasteiger charge is -2.51. The van der Waals surface area contributed by atoms with Crippen LogP contribution in [0.5, 0.6) is 0 Å². The third-order valence-electron chi connectivity index (χ3n) is 5.75. The van der Waals surface area contributed by atoms with E-state index >= 15 is 0 Å². The fourth-order valence-electron chi connectivity index (χ4n) is 4.28. The van der Waals surface area contributed by atoms with Crippen molar-refractivity contribution in [3.05, 3.63) is 52.6 Å². The number of nitrogen functional groups attached to an aromatic ring is 1. The Kier molecular flexibility index (Phi) is 4.09. The van der Waals surface area contributed by atoms with Gasteiger partial charge in [0.25, 0.3) is 0 Å². The number of likely N-dealkylation sites (tertiary alicyclic amines) is 1. The van der Waals surface area contributed by atoms with Crippen LogP contribution < -0.4 is 17.2 Å². The summed E-state index contributed by atoms with van der Waals surface area (Å²) in [6.07, 6.45) is 6.61. The van der Waals surface area contributed by atoms with Crippen molar-refractivity contribution in [2.45, 2.75) is 38.3 Å². The maximum atomic E-state index is 11.9. The maximum Gasteiger partial charge on any atom is 0.354 e. The molecule has 1 aromatic carbocycles. The van der Waals surface area contributed by atoms with Gasteiger partial charge in [0.2, 0.25) is 0 Å². The first-order valence-corrected chi connectivity index (χ1v) is 8.96. The Morgan fingerprint density at radius 1 is 1.12 bits per heavy atom. The monoisotopic (exact) mass is 339 g/mol. The molecule has 2 aromatic rings. The fraction of sp³-hybridized carbons (Fsp3) is 0.474.